The third kappa shape index (κ3) is 4.51. The smallest absolute Gasteiger partial charge is 0.240 e. The zero-order chi connectivity index (χ0) is 18.5. The summed E-state index contributed by atoms with van der Waals surface area (Å²) in [5, 5.41) is 2.92. The van der Waals surface area contributed by atoms with E-state index in [1.54, 1.807) is 0 Å². The van der Waals surface area contributed by atoms with Crippen molar-refractivity contribution in [2.24, 2.45) is 0 Å². The van der Waals surface area contributed by atoms with Crippen LogP contribution in [0.2, 0.25) is 0 Å². The Kier molecular flexibility index (Phi) is 5.71. The van der Waals surface area contributed by atoms with E-state index in [2.05, 4.69) is 35.3 Å². The minimum Gasteiger partial charge on any atom is -0.362 e. The van der Waals surface area contributed by atoms with Crippen LogP contribution in [-0.4, -0.2) is 30.8 Å². The van der Waals surface area contributed by atoms with Crippen molar-refractivity contribution in [3.63, 3.8) is 0 Å². The summed E-state index contributed by atoms with van der Waals surface area (Å²) in [6, 6.07) is 15.7. The third-order valence-electron chi connectivity index (χ3n) is 4.89. The molecule has 26 heavy (non-hydrogen) atoms. The minimum absolute atomic E-state index is 0.0168. The molecule has 0 bridgehead atoms. The van der Waals surface area contributed by atoms with Crippen molar-refractivity contribution in [2.75, 3.05) is 18.0 Å². The molecule has 0 saturated heterocycles. The summed E-state index contributed by atoms with van der Waals surface area (Å²) in [4.78, 5) is 26.7. The summed E-state index contributed by atoms with van der Waals surface area (Å²) in [5.41, 5.74) is 4.73. The Balaban J connectivity index is 1.65. The molecule has 1 aliphatic heterocycles. The second kappa shape index (κ2) is 8.17. The maximum absolute atomic E-state index is 12.6. The number of ketones is 1. The molecule has 0 spiro atoms. The number of nitrogens with one attached hydrogen (secondary N) is 1. The monoisotopic (exact) mass is 350 g/mol. The molecule has 0 aromatic heterocycles. The zero-order valence-electron chi connectivity index (χ0n) is 15.5. The van der Waals surface area contributed by atoms with Gasteiger partial charge >= 0.3 is 0 Å². The van der Waals surface area contributed by atoms with E-state index in [1.807, 2.05) is 30.3 Å². The first-order valence-electron chi connectivity index (χ1n) is 9.21. The van der Waals surface area contributed by atoms with Crippen LogP contribution in [0.4, 0.5) is 5.69 Å². The number of Topliss-reactive ketones (excluding diaryl/α,β-unsaturated/α-hetero) is 1. The van der Waals surface area contributed by atoms with Gasteiger partial charge in [0.2, 0.25) is 5.91 Å². The number of carbonyl (C=O) groups is 2. The van der Waals surface area contributed by atoms with Gasteiger partial charge in [0.25, 0.3) is 0 Å². The summed E-state index contributed by atoms with van der Waals surface area (Å²) in [5.74, 6) is -0.119. The molecule has 136 valence electrons. The van der Waals surface area contributed by atoms with E-state index < -0.39 is 6.04 Å². The largest absolute Gasteiger partial charge is 0.362 e. The third-order valence-corrected chi connectivity index (χ3v) is 4.89. The molecule has 1 amide bonds. The number of carbonyl (C=O) groups excluding carboxylic acids is 2. The van der Waals surface area contributed by atoms with Crippen molar-refractivity contribution >= 4 is 17.4 Å². The molecular formula is C22H26N2O2. The van der Waals surface area contributed by atoms with Crippen molar-refractivity contribution < 1.29 is 9.59 Å². The fraction of sp³-hybridized carbons (Fsp3) is 0.364. The second-order valence-electron chi connectivity index (χ2n) is 7.08. The molecule has 3 rings (SSSR count). The molecule has 1 aliphatic rings. The number of anilines is 1. The summed E-state index contributed by atoms with van der Waals surface area (Å²) >= 11 is 0. The summed E-state index contributed by atoms with van der Waals surface area (Å²) in [6.45, 7) is 4.78. The highest BCUT2D eigenvalue weighted by Crippen LogP contribution is 2.27. The van der Waals surface area contributed by atoms with Gasteiger partial charge in [-0.25, -0.2) is 0 Å². The Bertz CT molecular complexity index is 786. The van der Waals surface area contributed by atoms with Gasteiger partial charge in [-0.15, -0.1) is 0 Å². The minimum atomic E-state index is -0.479. The maximum atomic E-state index is 12.6. The van der Waals surface area contributed by atoms with Gasteiger partial charge in [-0.3, -0.25) is 9.59 Å². The normalized spacial score (nSPS) is 14.5. The van der Waals surface area contributed by atoms with Gasteiger partial charge in [0.15, 0.2) is 5.78 Å². The van der Waals surface area contributed by atoms with Gasteiger partial charge in [-0.1, -0.05) is 48.0 Å². The molecule has 4 heteroatoms. The molecule has 0 fully saturated rings. The number of hydrogen-bond acceptors (Lipinski definition) is 3. The quantitative estimate of drug-likeness (QED) is 0.871. The first kappa shape index (κ1) is 18.2. The first-order chi connectivity index (χ1) is 12.5. The molecule has 0 saturated carbocycles. The van der Waals surface area contributed by atoms with Gasteiger partial charge in [-0.2, -0.15) is 0 Å². The van der Waals surface area contributed by atoms with Crippen molar-refractivity contribution in [3.05, 3.63) is 65.2 Å². The SMILES string of the molecule is CC(=O)[C@H](Cc1ccccc1)NC(=O)CN1CCCc2cc(C)ccc21. The van der Waals surface area contributed by atoms with Crippen LogP contribution in [0.3, 0.4) is 0 Å². The highest BCUT2D eigenvalue weighted by molar-refractivity contribution is 5.89. The van der Waals surface area contributed by atoms with E-state index in [-0.39, 0.29) is 18.2 Å². The molecular weight excluding hydrogens is 324 g/mol. The van der Waals surface area contributed by atoms with Crippen LogP contribution in [0.1, 0.15) is 30.0 Å². The number of fused-ring (bicyclic) bond motifs is 1. The molecule has 2 aromatic rings. The van der Waals surface area contributed by atoms with Crippen LogP contribution in [0.5, 0.6) is 0 Å². The molecule has 0 radical (unpaired) electrons. The first-order valence-corrected chi connectivity index (χ1v) is 9.21. The van der Waals surface area contributed by atoms with Gasteiger partial charge < -0.3 is 10.2 Å². The van der Waals surface area contributed by atoms with Crippen LogP contribution < -0.4 is 10.2 Å². The average Bonchev–Trinajstić information content (AvgIpc) is 2.62. The zero-order valence-corrected chi connectivity index (χ0v) is 15.5. The fourth-order valence-electron chi connectivity index (χ4n) is 3.53. The Morgan fingerprint density at radius 1 is 1.15 bits per heavy atom. The lowest BCUT2D eigenvalue weighted by atomic mass is 9.99. The highest BCUT2D eigenvalue weighted by atomic mass is 16.2. The van der Waals surface area contributed by atoms with Crippen molar-refractivity contribution in [1.82, 2.24) is 5.32 Å². The number of nitrogens with zero attached hydrogens (tertiary/aromatic N) is 1. The topological polar surface area (TPSA) is 49.4 Å². The molecule has 2 aromatic carbocycles. The lowest BCUT2D eigenvalue weighted by molar-refractivity contribution is -0.126. The van der Waals surface area contributed by atoms with Crippen LogP contribution in [0.15, 0.2) is 48.5 Å². The van der Waals surface area contributed by atoms with Crippen LogP contribution in [0.25, 0.3) is 0 Å². The Labute approximate surface area is 155 Å². The molecule has 0 unspecified atom stereocenters. The van der Waals surface area contributed by atoms with Crippen LogP contribution >= 0.6 is 0 Å². The van der Waals surface area contributed by atoms with Crippen molar-refractivity contribution in [3.8, 4) is 0 Å². The molecule has 1 atom stereocenters. The molecule has 1 N–H and O–H groups in total. The van der Waals surface area contributed by atoms with E-state index in [9.17, 15) is 9.59 Å². The standard InChI is InChI=1S/C22H26N2O2/c1-16-10-11-21-19(13-16)9-6-12-24(21)15-22(26)23-20(17(2)25)14-18-7-4-3-5-8-18/h3-5,7-8,10-11,13,20H,6,9,12,14-15H2,1-2H3,(H,23,26)/t20-/m0/s1. The predicted octanol–water partition coefficient (Wildman–Crippen LogP) is 3.06. The second-order valence-corrected chi connectivity index (χ2v) is 7.08. The predicted molar refractivity (Wildman–Crippen MR) is 104 cm³/mol. The van der Waals surface area contributed by atoms with E-state index in [4.69, 9.17) is 0 Å². The maximum Gasteiger partial charge on any atom is 0.240 e. The summed E-state index contributed by atoms with van der Waals surface area (Å²) < 4.78 is 0. The summed E-state index contributed by atoms with van der Waals surface area (Å²) in [6.07, 6.45) is 2.63. The molecule has 4 nitrogen and oxygen atoms in total. The van der Waals surface area contributed by atoms with E-state index in [0.717, 1.165) is 30.6 Å². The Morgan fingerprint density at radius 2 is 1.92 bits per heavy atom. The van der Waals surface area contributed by atoms with Gasteiger partial charge in [0.05, 0.1) is 12.6 Å². The number of benzene rings is 2. The van der Waals surface area contributed by atoms with Gasteiger partial charge in [0, 0.05) is 12.2 Å². The van der Waals surface area contributed by atoms with Crippen molar-refractivity contribution in [1.29, 1.82) is 0 Å². The van der Waals surface area contributed by atoms with Crippen LogP contribution in [-0.2, 0) is 22.4 Å². The van der Waals surface area contributed by atoms with E-state index in [1.165, 1.54) is 18.1 Å². The van der Waals surface area contributed by atoms with E-state index >= 15 is 0 Å². The number of amides is 1. The Morgan fingerprint density at radius 3 is 2.65 bits per heavy atom. The van der Waals surface area contributed by atoms with Gasteiger partial charge in [-0.05, 0) is 50.3 Å². The number of hydrogen-bond donors (Lipinski definition) is 1. The Hall–Kier alpha value is -2.62. The van der Waals surface area contributed by atoms with Crippen molar-refractivity contribution in [2.45, 2.75) is 39.2 Å². The fourth-order valence-corrected chi connectivity index (χ4v) is 3.53. The molecule has 1 heterocycles. The number of aryl methyl sites for hydroxylation is 2. The lowest BCUT2D eigenvalue weighted by Gasteiger charge is -2.31. The molecule has 0 aliphatic carbocycles. The van der Waals surface area contributed by atoms with Crippen LogP contribution in [0, 0.1) is 6.92 Å². The van der Waals surface area contributed by atoms with Gasteiger partial charge in [0.1, 0.15) is 0 Å². The van der Waals surface area contributed by atoms with E-state index in [0.29, 0.717) is 6.42 Å². The summed E-state index contributed by atoms with van der Waals surface area (Å²) in [7, 11) is 0. The lowest BCUT2D eigenvalue weighted by Crippen LogP contribution is -2.47. The highest BCUT2D eigenvalue weighted by Gasteiger charge is 2.22. The number of rotatable bonds is 6. The average molecular weight is 350 g/mol.